The van der Waals surface area contributed by atoms with Gasteiger partial charge in [-0.15, -0.1) is 11.3 Å². The number of thiazole rings is 1. The van der Waals surface area contributed by atoms with E-state index in [-0.39, 0.29) is 24.6 Å². The number of hydrogen-bond acceptors (Lipinski definition) is 7. The lowest BCUT2D eigenvalue weighted by atomic mass is 10.0. The highest BCUT2D eigenvalue weighted by atomic mass is 32.1. The molecule has 1 fully saturated rings. The molecule has 1 saturated heterocycles. The summed E-state index contributed by atoms with van der Waals surface area (Å²) in [4.78, 5) is 20.2. The summed E-state index contributed by atoms with van der Waals surface area (Å²) in [6.45, 7) is 5.32. The number of aliphatic hydroxyl groups is 1. The van der Waals surface area contributed by atoms with Crippen molar-refractivity contribution in [3.8, 4) is 32.8 Å². The Labute approximate surface area is 221 Å². The number of nitrogens with one attached hydrogen (secondary N) is 1. The normalized spacial score (nSPS) is 19.1. The van der Waals surface area contributed by atoms with Crippen molar-refractivity contribution in [2.24, 2.45) is 0 Å². The number of carbonyl (C=O) groups is 1. The van der Waals surface area contributed by atoms with Crippen LogP contribution in [0.5, 0.6) is 5.75 Å². The van der Waals surface area contributed by atoms with E-state index in [2.05, 4.69) is 34.6 Å². The van der Waals surface area contributed by atoms with Crippen LogP contribution in [0.1, 0.15) is 55.8 Å². The van der Waals surface area contributed by atoms with Gasteiger partial charge in [0.2, 0.25) is 5.91 Å². The molecule has 3 aromatic rings. The molecule has 192 valence electrons. The van der Waals surface area contributed by atoms with Crippen LogP contribution in [0.3, 0.4) is 0 Å². The molecule has 2 aliphatic rings. The average molecular weight is 517 g/mol. The number of likely N-dealkylation sites (tertiary alicyclic amines) is 1. The van der Waals surface area contributed by atoms with Crippen molar-refractivity contribution in [3.63, 3.8) is 0 Å². The summed E-state index contributed by atoms with van der Waals surface area (Å²) in [5.41, 5.74) is 5.12. The lowest BCUT2D eigenvalue weighted by Gasteiger charge is -2.30. The highest BCUT2D eigenvalue weighted by Crippen LogP contribution is 2.41. The Morgan fingerprint density at radius 1 is 1.32 bits per heavy atom. The maximum absolute atomic E-state index is 12.7. The Kier molecular flexibility index (Phi) is 7.56. The number of benzene rings is 2. The third kappa shape index (κ3) is 5.54. The fourth-order valence-corrected chi connectivity index (χ4v) is 6.21. The Morgan fingerprint density at radius 3 is 2.97 bits per heavy atom. The fraction of sp³-hybridized carbons (Fsp3) is 0.414. The first-order chi connectivity index (χ1) is 17.9. The van der Waals surface area contributed by atoms with Gasteiger partial charge in [0.25, 0.3) is 0 Å². The number of rotatable bonds is 7. The molecule has 1 aliphatic heterocycles. The van der Waals surface area contributed by atoms with Crippen LogP contribution in [-0.4, -0.2) is 52.7 Å². The standard InChI is InChI=1S/C29H32N4O3S/c1-18(2)36-26-11-8-19(13-20(26)14-30)29-32-15-27(37-29)24-7-3-6-23-22(24)9-10-25(23)31-16-28(35)33-12-4-5-21(34)17-33/h3,6-8,11,13,15,18,21,25,31,34H,4-5,9-10,12,16-17H2,1-2H3. The number of fused-ring (bicyclic) bond motifs is 1. The maximum atomic E-state index is 12.7. The number of nitrogens with zero attached hydrogens (tertiary/aromatic N) is 3. The molecule has 0 radical (unpaired) electrons. The fourth-order valence-electron chi connectivity index (χ4n) is 5.24. The Morgan fingerprint density at radius 2 is 2.19 bits per heavy atom. The minimum absolute atomic E-state index is 0.00121. The third-order valence-electron chi connectivity index (χ3n) is 7.00. The number of ether oxygens (including phenoxy) is 1. The molecule has 37 heavy (non-hydrogen) atoms. The minimum atomic E-state index is -0.408. The zero-order valence-corrected chi connectivity index (χ0v) is 22.1. The Bertz CT molecular complexity index is 1330. The number of aromatic nitrogens is 1. The number of nitriles is 1. The molecule has 2 heterocycles. The number of β-amino-alcohol motifs (C(OH)–C–C–N with tert-alkyl or cyclic N) is 1. The predicted molar refractivity (Wildman–Crippen MR) is 144 cm³/mol. The van der Waals surface area contributed by atoms with Gasteiger partial charge in [0.1, 0.15) is 16.8 Å². The van der Waals surface area contributed by atoms with Gasteiger partial charge in [-0.2, -0.15) is 5.26 Å². The number of amides is 1. The van der Waals surface area contributed by atoms with Gasteiger partial charge in [-0.25, -0.2) is 4.98 Å². The molecule has 7 nitrogen and oxygen atoms in total. The van der Waals surface area contributed by atoms with Gasteiger partial charge in [0.05, 0.1) is 29.2 Å². The van der Waals surface area contributed by atoms with Crippen LogP contribution in [0.2, 0.25) is 0 Å². The average Bonchev–Trinajstić information content (AvgIpc) is 3.55. The molecule has 1 aliphatic carbocycles. The van der Waals surface area contributed by atoms with Gasteiger partial charge in [0, 0.05) is 30.9 Å². The molecule has 0 bridgehead atoms. The quantitative estimate of drug-likeness (QED) is 0.473. The third-order valence-corrected chi connectivity index (χ3v) is 8.08. The summed E-state index contributed by atoms with van der Waals surface area (Å²) in [7, 11) is 0. The van der Waals surface area contributed by atoms with Gasteiger partial charge >= 0.3 is 0 Å². The Balaban J connectivity index is 1.31. The van der Waals surface area contributed by atoms with Crippen LogP contribution in [-0.2, 0) is 11.2 Å². The van der Waals surface area contributed by atoms with Crippen LogP contribution in [0.4, 0.5) is 0 Å². The summed E-state index contributed by atoms with van der Waals surface area (Å²) in [5.74, 6) is 0.643. The first-order valence-corrected chi connectivity index (χ1v) is 13.7. The number of carbonyl (C=O) groups excluding carboxylic acids is 1. The molecule has 0 spiro atoms. The van der Waals surface area contributed by atoms with E-state index < -0.39 is 6.10 Å². The predicted octanol–water partition coefficient (Wildman–Crippen LogP) is 4.70. The van der Waals surface area contributed by atoms with Crippen LogP contribution in [0.25, 0.3) is 21.0 Å². The van der Waals surface area contributed by atoms with Crippen LogP contribution >= 0.6 is 11.3 Å². The van der Waals surface area contributed by atoms with Crippen molar-refractivity contribution < 1.29 is 14.6 Å². The molecular weight excluding hydrogens is 484 g/mol. The van der Waals surface area contributed by atoms with Gasteiger partial charge < -0.3 is 20.1 Å². The summed E-state index contributed by atoms with van der Waals surface area (Å²) in [6, 6.07) is 14.4. The SMILES string of the molecule is CC(C)Oc1ccc(-c2ncc(-c3cccc4c3CCC4NCC(=O)N3CCCC(O)C3)s2)cc1C#N. The molecule has 1 amide bonds. The van der Waals surface area contributed by atoms with Gasteiger partial charge in [-0.3, -0.25) is 4.79 Å². The van der Waals surface area contributed by atoms with E-state index in [9.17, 15) is 15.2 Å². The number of piperidine rings is 1. The molecule has 2 aromatic carbocycles. The first kappa shape index (κ1) is 25.4. The van der Waals surface area contributed by atoms with E-state index in [1.165, 1.54) is 16.7 Å². The highest BCUT2D eigenvalue weighted by molar-refractivity contribution is 7.18. The summed E-state index contributed by atoms with van der Waals surface area (Å²) in [6.07, 6.45) is 5.00. The second-order valence-electron chi connectivity index (χ2n) is 10.0. The highest BCUT2D eigenvalue weighted by Gasteiger charge is 2.27. The van der Waals surface area contributed by atoms with Crippen molar-refractivity contribution in [2.75, 3.05) is 19.6 Å². The number of aliphatic hydroxyl groups excluding tert-OH is 1. The molecular formula is C29H32N4O3S. The first-order valence-electron chi connectivity index (χ1n) is 12.9. The summed E-state index contributed by atoms with van der Waals surface area (Å²) in [5, 5.41) is 23.8. The minimum Gasteiger partial charge on any atom is -0.490 e. The molecule has 5 rings (SSSR count). The largest absolute Gasteiger partial charge is 0.490 e. The van der Waals surface area contributed by atoms with Gasteiger partial charge in [-0.1, -0.05) is 18.2 Å². The second kappa shape index (κ2) is 11.0. The lowest BCUT2D eigenvalue weighted by molar-refractivity contribution is -0.133. The van der Waals surface area contributed by atoms with E-state index >= 15 is 0 Å². The molecule has 2 unspecified atom stereocenters. The smallest absolute Gasteiger partial charge is 0.236 e. The van der Waals surface area contributed by atoms with E-state index in [0.29, 0.717) is 17.9 Å². The molecule has 1 aromatic heterocycles. The second-order valence-corrected chi connectivity index (χ2v) is 11.0. The number of hydrogen-bond donors (Lipinski definition) is 2. The summed E-state index contributed by atoms with van der Waals surface area (Å²) < 4.78 is 5.76. The van der Waals surface area contributed by atoms with Crippen molar-refractivity contribution in [3.05, 3.63) is 59.3 Å². The summed E-state index contributed by atoms with van der Waals surface area (Å²) >= 11 is 1.62. The van der Waals surface area contributed by atoms with Crippen LogP contribution in [0, 0.1) is 11.3 Å². The van der Waals surface area contributed by atoms with E-state index in [1.807, 2.05) is 38.2 Å². The lowest BCUT2D eigenvalue weighted by Crippen LogP contribution is -2.46. The van der Waals surface area contributed by atoms with Crippen molar-refractivity contribution in [1.82, 2.24) is 15.2 Å². The van der Waals surface area contributed by atoms with Gasteiger partial charge in [0.15, 0.2) is 0 Å². The molecule has 2 N–H and O–H groups in total. The van der Waals surface area contributed by atoms with Crippen molar-refractivity contribution in [1.29, 1.82) is 5.26 Å². The monoisotopic (exact) mass is 516 g/mol. The molecule has 8 heteroatoms. The molecule has 2 atom stereocenters. The van der Waals surface area contributed by atoms with Crippen molar-refractivity contribution in [2.45, 2.75) is 57.8 Å². The Hall–Kier alpha value is -3.25. The van der Waals surface area contributed by atoms with E-state index in [1.54, 1.807) is 16.2 Å². The van der Waals surface area contributed by atoms with Crippen LogP contribution < -0.4 is 10.1 Å². The zero-order valence-electron chi connectivity index (χ0n) is 21.2. The van der Waals surface area contributed by atoms with Gasteiger partial charge in [-0.05, 0) is 74.4 Å². The van der Waals surface area contributed by atoms with Crippen molar-refractivity contribution >= 4 is 17.2 Å². The zero-order chi connectivity index (χ0) is 25.9. The molecule has 0 saturated carbocycles. The topological polar surface area (TPSA) is 98.5 Å². The van der Waals surface area contributed by atoms with Crippen LogP contribution in [0.15, 0.2) is 42.6 Å². The van der Waals surface area contributed by atoms with E-state index in [4.69, 9.17) is 4.74 Å². The maximum Gasteiger partial charge on any atom is 0.236 e. The van der Waals surface area contributed by atoms with E-state index in [0.717, 1.165) is 47.7 Å².